The molecule has 0 saturated carbocycles. The average Bonchev–Trinajstić information content (AvgIpc) is 3.36. The molecule has 3 atom stereocenters. The molecule has 3 unspecified atom stereocenters. The van der Waals surface area contributed by atoms with Crippen molar-refractivity contribution in [1.82, 2.24) is 34.0 Å². The maximum atomic E-state index is 13.5. The second kappa shape index (κ2) is 13.5. The molecule has 0 spiro atoms. The van der Waals surface area contributed by atoms with Crippen molar-refractivity contribution in [3.8, 4) is 0 Å². The first-order chi connectivity index (χ1) is 24.0. The number of hydrogen-bond donors (Lipinski definition) is 2. The number of imide groups is 1. The Balaban J connectivity index is 0.984. The predicted octanol–water partition coefficient (Wildman–Crippen LogP) is 2.04. The molecule has 0 bridgehead atoms. The first-order valence-corrected chi connectivity index (χ1v) is 17.6. The van der Waals surface area contributed by atoms with Crippen LogP contribution in [0.5, 0.6) is 0 Å². The Morgan fingerprint density at radius 2 is 1.68 bits per heavy atom. The molecule has 15 heteroatoms. The van der Waals surface area contributed by atoms with E-state index < -0.39 is 11.9 Å². The van der Waals surface area contributed by atoms with Gasteiger partial charge in [0.2, 0.25) is 11.8 Å². The molecule has 50 heavy (non-hydrogen) atoms. The quantitative estimate of drug-likeness (QED) is 0.283. The lowest BCUT2D eigenvalue weighted by molar-refractivity contribution is -0.135. The summed E-state index contributed by atoms with van der Waals surface area (Å²) in [5, 5.41) is 9.99. The van der Waals surface area contributed by atoms with E-state index in [1.54, 1.807) is 20.3 Å². The van der Waals surface area contributed by atoms with Gasteiger partial charge in [0.05, 0.1) is 22.9 Å². The molecule has 2 aromatic heterocycles. The number of anilines is 2. The number of hydrogen-bond acceptors (Lipinski definition) is 9. The number of piperidine rings is 2. The smallest absolute Gasteiger partial charge is 0.329 e. The van der Waals surface area contributed by atoms with Crippen molar-refractivity contribution in [2.75, 3.05) is 56.5 Å². The normalized spacial score (nSPS) is 21.8. The molecule has 3 fully saturated rings. The van der Waals surface area contributed by atoms with Crippen molar-refractivity contribution in [2.24, 2.45) is 14.1 Å². The minimum Gasteiger partial charge on any atom is -0.379 e. The predicted molar refractivity (Wildman–Crippen MR) is 193 cm³/mol. The van der Waals surface area contributed by atoms with Crippen molar-refractivity contribution in [2.45, 2.75) is 37.3 Å². The Labute approximate surface area is 296 Å². The topological polar surface area (TPSA) is 147 Å². The number of halogens is 1. The molecule has 3 aliphatic heterocycles. The van der Waals surface area contributed by atoms with Gasteiger partial charge in [-0.15, -0.1) is 0 Å². The van der Waals surface area contributed by atoms with Crippen molar-refractivity contribution >= 4 is 56.1 Å². The molecule has 14 nitrogen and oxygen atoms in total. The molecule has 3 saturated heterocycles. The van der Waals surface area contributed by atoms with Crippen LogP contribution in [0.4, 0.5) is 11.4 Å². The Hall–Kier alpha value is -4.76. The monoisotopic (exact) mass is 745 g/mol. The lowest BCUT2D eigenvalue weighted by Gasteiger charge is -2.37. The number of amides is 3. The lowest BCUT2D eigenvalue weighted by atomic mass is 9.87. The van der Waals surface area contributed by atoms with Gasteiger partial charge in [-0.1, -0.05) is 12.1 Å². The number of rotatable bonds is 6. The Morgan fingerprint density at radius 1 is 0.940 bits per heavy atom. The van der Waals surface area contributed by atoms with E-state index in [0.717, 1.165) is 25.2 Å². The van der Waals surface area contributed by atoms with Crippen molar-refractivity contribution < 1.29 is 14.4 Å². The third-order valence-electron chi connectivity index (χ3n) is 10.2. The molecule has 7 rings (SSSR count). The van der Waals surface area contributed by atoms with Gasteiger partial charge >= 0.3 is 5.69 Å². The third kappa shape index (κ3) is 6.35. The van der Waals surface area contributed by atoms with Crippen LogP contribution in [0.15, 0.2) is 62.7 Å². The molecule has 262 valence electrons. The van der Waals surface area contributed by atoms with Crippen LogP contribution in [0.25, 0.3) is 11.0 Å². The van der Waals surface area contributed by atoms with Crippen LogP contribution in [0.3, 0.4) is 0 Å². The van der Waals surface area contributed by atoms with Crippen molar-refractivity contribution in [1.29, 1.82) is 0 Å². The number of piperazine rings is 1. The summed E-state index contributed by atoms with van der Waals surface area (Å²) < 4.78 is 4.79. The molecule has 3 aliphatic rings. The molecule has 2 N–H and O–H groups in total. The average molecular weight is 747 g/mol. The molecule has 3 amide bonds. The highest BCUT2D eigenvalue weighted by Gasteiger charge is 2.32. The molecule has 4 aromatic rings. The fourth-order valence-electron chi connectivity index (χ4n) is 7.52. The van der Waals surface area contributed by atoms with Gasteiger partial charge in [0, 0.05) is 77.1 Å². The number of aryl methyl sites for hydroxylation is 2. The van der Waals surface area contributed by atoms with Gasteiger partial charge in [-0.3, -0.25) is 33.6 Å². The van der Waals surface area contributed by atoms with Crippen LogP contribution in [-0.4, -0.2) is 98.8 Å². The number of imidazole rings is 1. The zero-order valence-corrected chi connectivity index (χ0v) is 29.9. The molecule has 5 heterocycles. The number of carbonyl (C=O) groups excluding carboxylic acids is 3. The van der Waals surface area contributed by atoms with E-state index in [-0.39, 0.29) is 47.9 Å². The van der Waals surface area contributed by atoms with E-state index in [2.05, 4.69) is 60.6 Å². The molecular formula is C35H40BrN9O5. The number of aromatic nitrogens is 4. The minimum absolute atomic E-state index is 0.00122. The highest BCUT2D eigenvalue weighted by Crippen LogP contribution is 2.30. The maximum absolute atomic E-state index is 13.5. The van der Waals surface area contributed by atoms with Crippen molar-refractivity contribution in [3.63, 3.8) is 0 Å². The number of benzene rings is 2. The van der Waals surface area contributed by atoms with E-state index in [1.807, 2.05) is 35.2 Å². The van der Waals surface area contributed by atoms with Crippen LogP contribution >= 0.6 is 15.9 Å². The van der Waals surface area contributed by atoms with E-state index in [9.17, 15) is 24.0 Å². The van der Waals surface area contributed by atoms with Gasteiger partial charge in [0.15, 0.2) is 0 Å². The van der Waals surface area contributed by atoms with Gasteiger partial charge in [0.1, 0.15) is 10.5 Å². The van der Waals surface area contributed by atoms with E-state index in [1.165, 1.54) is 19.4 Å². The van der Waals surface area contributed by atoms with Gasteiger partial charge in [-0.25, -0.2) is 9.48 Å². The number of nitrogens with zero attached hydrogens (tertiary/aromatic N) is 7. The SMILES string of the molecule is CN1CC(Nc2cnn(C)c(=O)c2Br)CC(c2ccc(C(=O)N3CCN(c4ccc5c(c4)n(C)c(=O)n5C4CCC(=O)NC4=O)CC3)cc2)C1. The zero-order valence-electron chi connectivity index (χ0n) is 28.3. The molecule has 0 radical (unpaired) electrons. The lowest BCUT2D eigenvalue weighted by Crippen LogP contribution is -2.48. The number of likely N-dealkylation sites (tertiary alicyclic amines) is 1. The second-order valence-corrected chi connectivity index (χ2v) is 14.3. The highest BCUT2D eigenvalue weighted by molar-refractivity contribution is 9.10. The zero-order chi connectivity index (χ0) is 35.3. The fourth-order valence-corrected chi connectivity index (χ4v) is 8.00. The highest BCUT2D eigenvalue weighted by atomic mass is 79.9. The van der Waals surface area contributed by atoms with Gasteiger partial charge in [-0.05, 0) is 77.6 Å². The molecular weight excluding hydrogens is 706 g/mol. The summed E-state index contributed by atoms with van der Waals surface area (Å²) in [5.74, 6) is -0.518. The van der Waals surface area contributed by atoms with Gasteiger partial charge < -0.3 is 20.0 Å². The van der Waals surface area contributed by atoms with E-state index in [0.29, 0.717) is 52.9 Å². The summed E-state index contributed by atoms with van der Waals surface area (Å²) in [4.78, 5) is 69.6. The second-order valence-electron chi connectivity index (χ2n) is 13.5. The number of fused-ring (bicyclic) bond motifs is 1. The van der Waals surface area contributed by atoms with Gasteiger partial charge in [-0.2, -0.15) is 5.10 Å². The van der Waals surface area contributed by atoms with Crippen LogP contribution in [-0.2, 0) is 23.7 Å². The van der Waals surface area contributed by atoms with Crippen LogP contribution in [0.2, 0.25) is 0 Å². The van der Waals surface area contributed by atoms with Crippen molar-refractivity contribution in [3.05, 3.63) is 85.1 Å². The summed E-state index contributed by atoms with van der Waals surface area (Å²) in [7, 11) is 5.40. The van der Waals surface area contributed by atoms with Gasteiger partial charge in [0.25, 0.3) is 11.5 Å². The van der Waals surface area contributed by atoms with E-state index in [4.69, 9.17) is 0 Å². The van der Waals surface area contributed by atoms with E-state index >= 15 is 0 Å². The summed E-state index contributed by atoms with van der Waals surface area (Å²) in [5.41, 5.74) is 4.31. The Morgan fingerprint density at radius 3 is 2.40 bits per heavy atom. The minimum atomic E-state index is -0.728. The first-order valence-electron chi connectivity index (χ1n) is 16.8. The largest absolute Gasteiger partial charge is 0.379 e. The fraction of sp³-hybridized carbons (Fsp3) is 0.429. The summed E-state index contributed by atoms with van der Waals surface area (Å²) in [6.07, 6.45) is 3.02. The van der Waals surface area contributed by atoms with Crippen LogP contribution in [0.1, 0.15) is 47.1 Å². The molecule has 2 aromatic carbocycles. The van der Waals surface area contributed by atoms with Crippen LogP contribution < -0.4 is 26.8 Å². The standard InChI is InChI=1S/C35H40BrN9O5/c1-40-19-23(16-24(20-40)38-26-18-37-42(3)34(49)31(26)36)21-4-6-22(7-5-21)33(48)44-14-12-43(13-15-44)25-8-9-27-29(17-25)41(2)35(50)45(27)28-10-11-30(46)39-32(28)47/h4-9,17-18,23-24,28,38H,10-16,19-20H2,1-3H3,(H,39,46,47). The number of carbonyl (C=O) groups is 3. The summed E-state index contributed by atoms with van der Waals surface area (Å²) in [6.45, 7) is 4.12. The Kier molecular flexibility index (Phi) is 9.11. The summed E-state index contributed by atoms with van der Waals surface area (Å²) in [6, 6.07) is 13.1. The summed E-state index contributed by atoms with van der Waals surface area (Å²) >= 11 is 3.41. The molecule has 0 aliphatic carbocycles. The van der Waals surface area contributed by atoms with Crippen LogP contribution in [0, 0.1) is 0 Å². The number of nitrogens with one attached hydrogen (secondary N) is 2. The first kappa shape index (κ1) is 33.7. The maximum Gasteiger partial charge on any atom is 0.329 e. The Bertz CT molecular complexity index is 2100. The number of likely N-dealkylation sites (N-methyl/N-ethyl adjacent to an activating group) is 1. The third-order valence-corrected chi connectivity index (χ3v) is 11.0.